The molecule has 0 radical (unpaired) electrons. The van der Waals surface area contributed by atoms with Gasteiger partial charge in [-0.25, -0.2) is 0 Å². The van der Waals surface area contributed by atoms with E-state index < -0.39 is 23.1 Å². The van der Waals surface area contributed by atoms with Gasteiger partial charge in [0.05, 0.1) is 0 Å². The van der Waals surface area contributed by atoms with Crippen LogP contribution in [0.15, 0.2) is 0 Å². The second-order valence-corrected chi connectivity index (χ2v) is 22.0. The molecule has 0 bridgehead atoms. The Kier molecular flexibility index (Phi) is 2.80. The fourth-order valence-electron chi connectivity index (χ4n) is 0. The maximum atomic E-state index is 2.48. The van der Waals surface area contributed by atoms with Gasteiger partial charge in [0.2, 0.25) is 0 Å². The van der Waals surface area contributed by atoms with Gasteiger partial charge in [0.1, 0.15) is 0 Å². The van der Waals surface area contributed by atoms with Gasteiger partial charge in [-0.15, -0.1) is 0 Å². The van der Waals surface area contributed by atoms with Crippen molar-refractivity contribution in [1.82, 2.24) is 0 Å². The molecule has 0 nitrogen and oxygen atoms in total. The Balaban J connectivity index is 3.54. The molecule has 0 heterocycles. The quantitative estimate of drug-likeness (QED) is 0.505. The first-order valence-electron chi connectivity index (χ1n) is 2.75. The van der Waals surface area contributed by atoms with Crippen LogP contribution in [-0.2, 0) is 17.1 Å². The van der Waals surface area contributed by atoms with Gasteiger partial charge in [-0.3, -0.25) is 0 Å². The molecule has 0 saturated carbocycles. The zero-order valence-electron chi connectivity index (χ0n) is 6.00. The molecule has 0 aliphatic rings. The molecule has 0 unspecified atom stereocenters. The zero-order chi connectivity index (χ0) is 6.08. The minimum atomic E-state index is -0.568. The van der Waals surface area contributed by atoms with Crippen molar-refractivity contribution < 1.29 is 17.1 Å². The molecule has 0 aromatic carbocycles. The van der Waals surface area contributed by atoms with E-state index in [-0.39, 0.29) is 0 Å². The summed E-state index contributed by atoms with van der Waals surface area (Å²) in [6.45, 7) is 7.42. The molecule has 2 heteroatoms. The van der Waals surface area contributed by atoms with Crippen LogP contribution in [0.2, 0.25) is 30.1 Å². The first-order valence-corrected chi connectivity index (χ1v) is 11.7. The molecule has 43 valence electrons. The fraction of sp³-hybridized carbons (Fsp3) is 1.00. The molecule has 0 aliphatic heterocycles. The summed E-state index contributed by atoms with van der Waals surface area (Å²) in [6, 6.07) is 0. The Hall–Kier alpha value is 0.931. The normalized spacial score (nSPS) is 11.6. The summed E-state index contributed by atoms with van der Waals surface area (Å²) in [5.41, 5.74) is 0. The Bertz CT molecular complexity index is 53.6. The van der Waals surface area contributed by atoms with Gasteiger partial charge in [-0.05, 0) is 0 Å². The standard InChI is InChI=1S/C3H9Si.2CH3.Ti/c1-4(2)3;;;/h1-3H3;2*1H3;. The van der Waals surface area contributed by atoms with E-state index in [4.69, 9.17) is 0 Å². The third-order valence-corrected chi connectivity index (χ3v) is 18.6. The van der Waals surface area contributed by atoms with Gasteiger partial charge in [0, 0.05) is 0 Å². The predicted molar refractivity (Wildman–Crippen MR) is 35.1 cm³/mol. The van der Waals surface area contributed by atoms with Crippen molar-refractivity contribution in [2.75, 3.05) is 0 Å². The molecular formula is C5H15SiTi. The van der Waals surface area contributed by atoms with Crippen molar-refractivity contribution in [3.8, 4) is 0 Å². The zero-order valence-corrected chi connectivity index (χ0v) is 8.56. The van der Waals surface area contributed by atoms with Crippen LogP contribution in [0.25, 0.3) is 0 Å². The third-order valence-electron chi connectivity index (χ3n) is 1.50. The summed E-state index contributed by atoms with van der Waals surface area (Å²) in [5.74, 6) is -0.568. The molecule has 0 aromatic heterocycles. The van der Waals surface area contributed by atoms with Crippen LogP contribution in [0.1, 0.15) is 0 Å². The molecule has 7 heavy (non-hydrogen) atoms. The molecule has 0 rings (SSSR count). The summed E-state index contributed by atoms with van der Waals surface area (Å²) >= 11 is -0.451. The number of hydrogen-bond donors (Lipinski definition) is 0. The van der Waals surface area contributed by atoms with Crippen LogP contribution in [0.4, 0.5) is 0 Å². The second kappa shape index (κ2) is 2.47. The van der Waals surface area contributed by atoms with E-state index in [1.807, 2.05) is 0 Å². The first-order chi connectivity index (χ1) is 2.94. The van der Waals surface area contributed by atoms with Crippen LogP contribution >= 0.6 is 0 Å². The Morgan fingerprint density at radius 2 is 1.14 bits per heavy atom. The summed E-state index contributed by atoms with van der Waals surface area (Å²) in [6.07, 6.45) is 0. The van der Waals surface area contributed by atoms with Crippen molar-refractivity contribution in [3.05, 3.63) is 0 Å². The molecular weight excluding hydrogens is 136 g/mol. The van der Waals surface area contributed by atoms with E-state index >= 15 is 0 Å². The van der Waals surface area contributed by atoms with Crippen LogP contribution in [0.5, 0.6) is 0 Å². The Morgan fingerprint density at radius 3 is 1.14 bits per heavy atom. The van der Waals surface area contributed by atoms with E-state index in [2.05, 4.69) is 30.1 Å². The number of rotatable bonds is 1. The summed E-state index contributed by atoms with van der Waals surface area (Å²) in [4.78, 5) is 0. The molecule has 0 atom stereocenters. The number of hydrogen-bond acceptors (Lipinski definition) is 0. The summed E-state index contributed by atoms with van der Waals surface area (Å²) in [7, 11) is 0. The van der Waals surface area contributed by atoms with Gasteiger partial charge < -0.3 is 0 Å². The van der Waals surface area contributed by atoms with Gasteiger partial charge in [-0.1, -0.05) is 0 Å². The molecule has 0 aliphatic carbocycles. The fourth-order valence-corrected chi connectivity index (χ4v) is 0. The maximum absolute atomic E-state index is 2.48. The van der Waals surface area contributed by atoms with E-state index in [1.165, 1.54) is 0 Å². The molecule has 0 fully saturated rings. The van der Waals surface area contributed by atoms with Crippen LogP contribution in [0.3, 0.4) is 0 Å². The minimum absolute atomic E-state index is 0.451. The van der Waals surface area contributed by atoms with E-state index in [9.17, 15) is 0 Å². The average molecular weight is 151 g/mol. The van der Waals surface area contributed by atoms with E-state index in [0.29, 0.717) is 0 Å². The van der Waals surface area contributed by atoms with Crippen molar-refractivity contribution in [3.63, 3.8) is 0 Å². The van der Waals surface area contributed by atoms with Gasteiger partial charge >= 0.3 is 53.2 Å². The van der Waals surface area contributed by atoms with Crippen molar-refractivity contribution >= 4 is 5.94 Å². The third kappa shape index (κ3) is 3.51. The molecule has 0 aromatic rings. The average Bonchev–Trinajstić information content (AvgIpc) is 1.31. The van der Waals surface area contributed by atoms with Gasteiger partial charge in [0.25, 0.3) is 0 Å². The Labute approximate surface area is 53.3 Å². The van der Waals surface area contributed by atoms with E-state index in [0.717, 1.165) is 0 Å². The predicted octanol–water partition coefficient (Wildman–Crippen LogP) is 2.54. The summed E-state index contributed by atoms with van der Waals surface area (Å²) < 4.78 is 0. The van der Waals surface area contributed by atoms with Crippen LogP contribution < -0.4 is 0 Å². The van der Waals surface area contributed by atoms with Gasteiger partial charge in [-0.2, -0.15) is 0 Å². The molecule has 0 spiro atoms. The molecule has 0 saturated heterocycles. The molecule has 0 amide bonds. The topological polar surface area (TPSA) is 0 Å². The SMILES string of the molecule is [CH3][Ti]([CH3])[Si](C)(C)C. The summed E-state index contributed by atoms with van der Waals surface area (Å²) in [5, 5.41) is 4.96. The monoisotopic (exact) mass is 151 g/mol. The Morgan fingerprint density at radius 1 is 1.00 bits per heavy atom. The van der Waals surface area contributed by atoms with Crippen LogP contribution in [-0.4, -0.2) is 5.94 Å². The molecule has 0 N–H and O–H groups in total. The second-order valence-electron chi connectivity index (χ2n) is 3.25. The van der Waals surface area contributed by atoms with Gasteiger partial charge in [0.15, 0.2) is 0 Å². The first kappa shape index (κ1) is 7.93. The van der Waals surface area contributed by atoms with Crippen molar-refractivity contribution in [2.45, 2.75) is 30.1 Å². The van der Waals surface area contributed by atoms with E-state index in [1.54, 1.807) is 0 Å². The van der Waals surface area contributed by atoms with Crippen molar-refractivity contribution in [2.24, 2.45) is 0 Å². The van der Waals surface area contributed by atoms with Crippen LogP contribution in [0, 0.1) is 0 Å². The van der Waals surface area contributed by atoms with Crippen molar-refractivity contribution in [1.29, 1.82) is 0 Å².